The lowest BCUT2D eigenvalue weighted by molar-refractivity contribution is -0.137. The van der Waals surface area contributed by atoms with E-state index in [0.29, 0.717) is 6.42 Å². The van der Waals surface area contributed by atoms with Gasteiger partial charge >= 0.3 is 5.97 Å². The van der Waals surface area contributed by atoms with Crippen LogP contribution in [-0.2, 0) is 26.0 Å². The molecule has 2 rings (SSSR count). The van der Waals surface area contributed by atoms with Gasteiger partial charge in [0.2, 0.25) is 10.0 Å². The summed E-state index contributed by atoms with van der Waals surface area (Å²) in [6, 6.07) is 6.38. The molecule has 0 spiro atoms. The van der Waals surface area contributed by atoms with Crippen LogP contribution in [0.3, 0.4) is 0 Å². The van der Waals surface area contributed by atoms with E-state index in [1.807, 2.05) is 6.92 Å². The lowest BCUT2D eigenvalue weighted by Gasteiger charge is -2.13. The first-order valence-corrected chi connectivity index (χ1v) is 7.27. The summed E-state index contributed by atoms with van der Waals surface area (Å²) in [5.74, 6) is -0.369. The minimum absolute atomic E-state index is 0.0908. The third kappa shape index (κ3) is 2.70. The Morgan fingerprint density at radius 1 is 1.39 bits per heavy atom. The summed E-state index contributed by atoms with van der Waals surface area (Å²) in [7, 11) is -3.59. The molecule has 0 amide bonds. The van der Waals surface area contributed by atoms with Crippen LogP contribution in [-0.4, -0.2) is 27.0 Å². The molecule has 1 heterocycles. The van der Waals surface area contributed by atoms with Crippen LogP contribution in [0.4, 0.5) is 0 Å². The molecule has 1 aliphatic heterocycles. The molecule has 18 heavy (non-hydrogen) atoms. The Morgan fingerprint density at radius 3 is 2.72 bits per heavy atom. The van der Waals surface area contributed by atoms with Gasteiger partial charge in [0, 0.05) is 0 Å². The number of hydrogen-bond acceptors (Lipinski definition) is 4. The summed E-state index contributed by atoms with van der Waals surface area (Å²) < 4.78 is 31.6. The fourth-order valence-corrected chi connectivity index (χ4v) is 3.46. The molecule has 1 fully saturated rings. The first-order valence-electron chi connectivity index (χ1n) is 5.79. The molecule has 1 saturated heterocycles. The summed E-state index contributed by atoms with van der Waals surface area (Å²) in [6.45, 7) is 2.00. The number of cyclic esters (lactones) is 1. The van der Waals surface area contributed by atoms with Gasteiger partial charge in [0.05, 0.1) is 17.4 Å². The zero-order valence-electron chi connectivity index (χ0n) is 10.0. The lowest BCUT2D eigenvalue weighted by atomic mass is 10.2. The average molecular weight is 269 g/mol. The van der Waals surface area contributed by atoms with Gasteiger partial charge in [0.25, 0.3) is 0 Å². The van der Waals surface area contributed by atoms with E-state index in [4.69, 9.17) is 4.74 Å². The van der Waals surface area contributed by atoms with Crippen LogP contribution in [0, 0.1) is 0 Å². The van der Waals surface area contributed by atoms with Gasteiger partial charge in [-0.3, -0.25) is 4.79 Å². The topological polar surface area (TPSA) is 72.5 Å². The number of nitrogens with one attached hydrogen (secondary N) is 1. The summed E-state index contributed by atoms with van der Waals surface area (Å²) in [6.07, 6.45) is 0.727. The Bertz CT molecular complexity index is 553. The Labute approximate surface area is 106 Å². The van der Waals surface area contributed by atoms with Gasteiger partial charge in [-0.15, -0.1) is 0 Å². The predicted octanol–water partition coefficient (Wildman–Crippen LogP) is 0.843. The Morgan fingerprint density at radius 2 is 2.11 bits per heavy atom. The van der Waals surface area contributed by atoms with Crippen molar-refractivity contribution in [2.24, 2.45) is 0 Å². The Hall–Kier alpha value is -1.40. The highest BCUT2D eigenvalue weighted by atomic mass is 32.2. The maximum atomic E-state index is 12.2. The minimum atomic E-state index is -3.59. The highest BCUT2D eigenvalue weighted by Crippen LogP contribution is 2.17. The molecule has 1 aromatic carbocycles. The molecule has 1 atom stereocenters. The van der Waals surface area contributed by atoms with Gasteiger partial charge in [-0.05, 0) is 18.1 Å². The molecule has 0 bridgehead atoms. The smallest absolute Gasteiger partial charge is 0.307 e. The molecule has 98 valence electrons. The number of carbonyl (C=O) groups excluding carboxylic acids is 1. The average Bonchev–Trinajstić information content (AvgIpc) is 2.74. The summed E-state index contributed by atoms with van der Waals surface area (Å²) in [5.41, 5.74) is 0.759. The van der Waals surface area contributed by atoms with Crippen molar-refractivity contribution in [3.8, 4) is 0 Å². The van der Waals surface area contributed by atoms with Gasteiger partial charge in [0.1, 0.15) is 6.61 Å². The maximum Gasteiger partial charge on any atom is 0.307 e. The van der Waals surface area contributed by atoms with Gasteiger partial charge in [-0.1, -0.05) is 25.1 Å². The van der Waals surface area contributed by atoms with Gasteiger partial charge in [0.15, 0.2) is 0 Å². The summed E-state index contributed by atoms with van der Waals surface area (Å²) >= 11 is 0. The van der Waals surface area contributed by atoms with Gasteiger partial charge in [-0.25, -0.2) is 13.1 Å². The second-order valence-electron chi connectivity index (χ2n) is 4.17. The molecule has 1 aliphatic rings. The van der Waals surface area contributed by atoms with Crippen molar-refractivity contribution >= 4 is 16.0 Å². The number of benzene rings is 1. The predicted molar refractivity (Wildman–Crippen MR) is 65.5 cm³/mol. The monoisotopic (exact) mass is 269 g/mol. The second-order valence-corrected chi connectivity index (χ2v) is 5.85. The molecule has 1 N–H and O–H groups in total. The fraction of sp³-hybridized carbons (Fsp3) is 0.417. The third-order valence-corrected chi connectivity index (χ3v) is 4.44. The van der Waals surface area contributed by atoms with Crippen LogP contribution in [0.25, 0.3) is 0 Å². The standard InChI is InChI=1S/C12H15NO4S/c1-2-9-5-3-4-6-11(9)18(15,16)13-10-7-12(14)17-8-10/h3-6,10,13H,2,7-8H2,1H3/t10-/m0/s1. The molecule has 5 nitrogen and oxygen atoms in total. The lowest BCUT2D eigenvalue weighted by Crippen LogP contribution is -2.35. The Balaban J connectivity index is 2.22. The number of hydrogen-bond donors (Lipinski definition) is 1. The van der Waals surface area contributed by atoms with Crippen LogP contribution in [0.5, 0.6) is 0 Å². The van der Waals surface area contributed by atoms with E-state index >= 15 is 0 Å². The quantitative estimate of drug-likeness (QED) is 0.822. The largest absolute Gasteiger partial charge is 0.464 e. The minimum Gasteiger partial charge on any atom is -0.464 e. The summed E-state index contributed by atoms with van der Waals surface area (Å²) in [4.78, 5) is 11.2. The highest BCUT2D eigenvalue weighted by Gasteiger charge is 2.29. The zero-order chi connectivity index (χ0) is 13.2. The van der Waals surface area contributed by atoms with E-state index < -0.39 is 16.1 Å². The normalized spacial score (nSPS) is 19.8. The van der Waals surface area contributed by atoms with Gasteiger partial charge in [-0.2, -0.15) is 0 Å². The van der Waals surface area contributed by atoms with Crippen molar-refractivity contribution in [1.82, 2.24) is 4.72 Å². The highest BCUT2D eigenvalue weighted by molar-refractivity contribution is 7.89. The van der Waals surface area contributed by atoms with E-state index in [2.05, 4.69) is 4.72 Å². The second kappa shape index (κ2) is 5.07. The maximum absolute atomic E-state index is 12.2. The number of aryl methyl sites for hydroxylation is 1. The molecule has 0 saturated carbocycles. The first kappa shape index (κ1) is 13.0. The van der Waals surface area contributed by atoms with Crippen molar-refractivity contribution in [2.45, 2.75) is 30.7 Å². The fourth-order valence-electron chi connectivity index (χ4n) is 1.93. The Kier molecular flexibility index (Phi) is 3.68. The zero-order valence-corrected chi connectivity index (χ0v) is 10.9. The van der Waals surface area contributed by atoms with E-state index in [1.54, 1.807) is 24.3 Å². The number of carbonyl (C=O) groups is 1. The van der Waals surface area contributed by atoms with E-state index in [9.17, 15) is 13.2 Å². The number of ether oxygens (including phenoxy) is 1. The number of esters is 1. The summed E-state index contributed by atoms with van der Waals surface area (Å²) in [5, 5.41) is 0. The van der Waals surface area contributed by atoms with Gasteiger partial charge < -0.3 is 4.74 Å². The van der Waals surface area contributed by atoms with Crippen molar-refractivity contribution in [1.29, 1.82) is 0 Å². The first-order chi connectivity index (χ1) is 8.53. The van der Waals surface area contributed by atoms with Crippen LogP contribution < -0.4 is 4.72 Å². The van der Waals surface area contributed by atoms with Crippen molar-refractivity contribution in [3.63, 3.8) is 0 Å². The molecular formula is C12H15NO4S. The number of rotatable bonds is 4. The van der Waals surface area contributed by atoms with E-state index in [1.165, 1.54) is 0 Å². The molecule has 0 unspecified atom stereocenters. The van der Waals surface area contributed by atoms with Crippen molar-refractivity contribution < 1.29 is 17.9 Å². The SMILES string of the molecule is CCc1ccccc1S(=O)(=O)N[C@@H]1COC(=O)C1. The molecule has 6 heteroatoms. The van der Waals surface area contributed by atoms with Crippen LogP contribution in [0.1, 0.15) is 18.9 Å². The van der Waals surface area contributed by atoms with Crippen LogP contribution >= 0.6 is 0 Å². The molecule has 1 aromatic rings. The van der Waals surface area contributed by atoms with Crippen LogP contribution in [0.2, 0.25) is 0 Å². The molecule has 0 radical (unpaired) electrons. The molecular weight excluding hydrogens is 254 g/mol. The van der Waals surface area contributed by atoms with Crippen molar-refractivity contribution in [2.75, 3.05) is 6.61 Å². The molecule has 0 aromatic heterocycles. The number of sulfonamides is 1. The van der Waals surface area contributed by atoms with Crippen LogP contribution in [0.15, 0.2) is 29.2 Å². The van der Waals surface area contributed by atoms with Crippen molar-refractivity contribution in [3.05, 3.63) is 29.8 Å². The van der Waals surface area contributed by atoms with E-state index in [0.717, 1.165) is 5.56 Å². The van der Waals surface area contributed by atoms with E-state index in [-0.39, 0.29) is 23.9 Å². The third-order valence-electron chi connectivity index (χ3n) is 2.82. The molecule has 0 aliphatic carbocycles.